The largest absolute Gasteiger partial charge is 0.482 e. The molecule has 0 bridgehead atoms. The molecule has 5 rings (SSSR count). The van der Waals surface area contributed by atoms with Crippen molar-refractivity contribution in [2.75, 3.05) is 65.4 Å². The zero-order valence-corrected chi connectivity index (χ0v) is 28.3. The van der Waals surface area contributed by atoms with E-state index in [0.717, 1.165) is 72.3 Å². The number of anilines is 1. The number of fused-ring (bicyclic) bond motifs is 3. The van der Waals surface area contributed by atoms with Crippen LogP contribution < -0.4 is 15.8 Å². The van der Waals surface area contributed by atoms with Gasteiger partial charge >= 0.3 is 12.0 Å². The lowest BCUT2D eigenvalue weighted by atomic mass is 10.1. The molecule has 4 aromatic rings. The SMILES string of the molecule is CCOC(=O)COc1ccc(CN(CCN2CCCCC2)C(=O)NCCCCn2c(CCOC)nc3c(N)nc4ccccc4c32)cc1. The van der Waals surface area contributed by atoms with Crippen molar-refractivity contribution in [1.82, 2.24) is 29.7 Å². The van der Waals surface area contributed by atoms with E-state index in [1.807, 2.05) is 47.4 Å². The van der Waals surface area contributed by atoms with E-state index in [4.69, 9.17) is 24.9 Å². The van der Waals surface area contributed by atoms with Gasteiger partial charge in [-0.15, -0.1) is 0 Å². The number of rotatable bonds is 17. The Balaban J connectivity index is 1.19. The molecule has 12 nitrogen and oxygen atoms in total. The third-order valence-electron chi connectivity index (χ3n) is 8.68. The number of pyridine rings is 1. The molecule has 1 fully saturated rings. The summed E-state index contributed by atoms with van der Waals surface area (Å²) in [5.74, 6) is 1.53. The van der Waals surface area contributed by atoms with E-state index >= 15 is 0 Å². The minimum Gasteiger partial charge on any atom is -0.482 e. The number of benzene rings is 2. The number of urea groups is 1. The summed E-state index contributed by atoms with van der Waals surface area (Å²) in [7, 11) is 1.69. The first-order valence-electron chi connectivity index (χ1n) is 17.1. The van der Waals surface area contributed by atoms with Crippen LogP contribution in [0.5, 0.6) is 5.75 Å². The third kappa shape index (κ3) is 9.35. The number of nitrogens with one attached hydrogen (secondary N) is 1. The van der Waals surface area contributed by atoms with E-state index < -0.39 is 5.97 Å². The summed E-state index contributed by atoms with van der Waals surface area (Å²) in [5.41, 5.74) is 9.89. The Hall–Kier alpha value is -4.42. The summed E-state index contributed by atoms with van der Waals surface area (Å²) in [5, 5.41) is 4.19. The Morgan fingerprint density at radius 1 is 1.00 bits per heavy atom. The molecule has 0 radical (unpaired) electrons. The molecule has 1 aliphatic heterocycles. The van der Waals surface area contributed by atoms with Crippen molar-refractivity contribution < 1.29 is 23.8 Å². The molecule has 0 aliphatic carbocycles. The highest BCUT2D eigenvalue weighted by atomic mass is 16.6. The normalized spacial score (nSPS) is 13.5. The fraction of sp³-hybridized carbons (Fsp3) is 0.500. The van der Waals surface area contributed by atoms with Gasteiger partial charge in [-0.05, 0) is 69.5 Å². The predicted molar refractivity (Wildman–Crippen MR) is 187 cm³/mol. The highest BCUT2D eigenvalue weighted by molar-refractivity contribution is 6.06. The molecule has 2 aromatic heterocycles. The van der Waals surface area contributed by atoms with Gasteiger partial charge < -0.3 is 39.6 Å². The molecular weight excluding hydrogens is 610 g/mol. The summed E-state index contributed by atoms with van der Waals surface area (Å²) < 4.78 is 18.1. The van der Waals surface area contributed by atoms with Crippen LogP contribution in [0.3, 0.4) is 0 Å². The molecule has 3 N–H and O–H groups in total. The molecule has 0 unspecified atom stereocenters. The Labute approximate surface area is 282 Å². The van der Waals surface area contributed by atoms with Crippen LogP contribution in [0.15, 0.2) is 48.5 Å². The molecule has 0 saturated carbocycles. The van der Waals surface area contributed by atoms with Crippen molar-refractivity contribution in [3.05, 3.63) is 59.9 Å². The van der Waals surface area contributed by atoms with Crippen LogP contribution in [0.4, 0.5) is 10.6 Å². The third-order valence-corrected chi connectivity index (χ3v) is 8.68. The quantitative estimate of drug-likeness (QED) is 0.121. The molecule has 2 aromatic carbocycles. The molecular formula is C36H49N7O5. The van der Waals surface area contributed by atoms with Gasteiger partial charge in [-0.25, -0.2) is 19.6 Å². The van der Waals surface area contributed by atoms with E-state index in [1.54, 1.807) is 14.0 Å². The number of esters is 1. The monoisotopic (exact) mass is 659 g/mol. The zero-order valence-electron chi connectivity index (χ0n) is 28.3. The molecule has 12 heteroatoms. The van der Waals surface area contributed by atoms with Gasteiger partial charge in [0, 0.05) is 51.6 Å². The summed E-state index contributed by atoms with van der Waals surface area (Å²) in [6, 6.07) is 15.4. The Bertz CT molecular complexity index is 1640. The number of ether oxygens (including phenoxy) is 3. The van der Waals surface area contributed by atoms with Crippen LogP contribution in [-0.4, -0.2) is 96.0 Å². The van der Waals surface area contributed by atoms with E-state index in [9.17, 15) is 9.59 Å². The van der Waals surface area contributed by atoms with Gasteiger partial charge in [-0.1, -0.05) is 36.8 Å². The molecule has 3 heterocycles. The topological polar surface area (TPSA) is 137 Å². The van der Waals surface area contributed by atoms with Crippen molar-refractivity contribution in [2.24, 2.45) is 0 Å². The second-order valence-corrected chi connectivity index (χ2v) is 12.1. The fourth-order valence-corrected chi connectivity index (χ4v) is 6.19. The highest BCUT2D eigenvalue weighted by Crippen LogP contribution is 2.29. The van der Waals surface area contributed by atoms with Crippen LogP contribution in [0.25, 0.3) is 21.9 Å². The molecule has 48 heavy (non-hydrogen) atoms. The van der Waals surface area contributed by atoms with Gasteiger partial charge in [0.15, 0.2) is 12.4 Å². The van der Waals surface area contributed by atoms with Gasteiger partial charge in [0.1, 0.15) is 17.1 Å². The number of hydrogen-bond acceptors (Lipinski definition) is 9. The smallest absolute Gasteiger partial charge is 0.344 e. The van der Waals surface area contributed by atoms with Crippen LogP contribution in [0.2, 0.25) is 0 Å². The first-order chi connectivity index (χ1) is 23.5. The maximum absolute atomic E-state index is 13.5. The van der Waals surface area contributed by atoms with Crippen molar-refractivity contribution in [3.8, 4) is 5.75 Å². The molecule has 258 valence electrons. The number of likely N-dealkylation sites (tertiary alicyclic amines) is 1. The number of nitrogen functional groups attached to an aromatic ring is 1. The Morgan fingerprint density at radius 3 is 2.56 bits per heavy atom. The predicted octanol–water partition coefficient (Wildman–Crippen LogP) is 4.78. The summed E-state index contributed by atoms with van der Waals surface area (Å²) in [4.78, 5) is 38.9. The van der Waals surface area contributed by atoms with E-state index in [2.05, 4.69) is 25.8 Å². The first kappa shape index (κ1) is 34.9. The minimum absolute atomic E-state index is 0.0756. The summed E-state index contributed by atoms with van der Waals surface area (Å²) in [6.45, 7) is 7.92. The van der Waals surface area contributed by atoms with E-state index in [-0.39, 0.29) is 12.6 Å². The second-order valence-electron chi connectivity index (χ2n) is 12.1. The fourth-order valence-electron chi connectivity index (χ4n) is 6.19. The number of aryl methyl sites for hydroxylation is 1. The number of carbonyl (C=O) groups is 2. The number of methoxy groups -OCH3 is 1. The Morgan fingerprint density at radius 2 is 1.79 bits per heavy atom. The summed E-state index contributed by atoms with van der Waals surface area (Å²) >= 11 is 0. The number of imidazole rings is 1. The Kier molecular flexibility index (Phi) is 12.8. The number of piperidine rings is 1. The standard InChI is InChI=1S/C36H49N7O5/c1-3-47-32(44)26-48-28-15-13-27(14-16-28)25-42(23-22-41-19-8-4-9-20-41)36(45)38-18-7-10-21-43-31(17-24-46-2)40-33-34(43)29-11-5-6-12-30(29)39-35(33)37/h5-6,11-16H,3-4,7-10,17-26H2,1-2H3,(H2,37,39)(H,38,45). The van der Waals surface area contributed by atoms with Crippen molar-refractivity contribution in [1.29, 1.82) is 0 Å². The second kappa shape index (κ2) is 17.7. The number of unbranched alkanes of at least 4 members (excludes halogenated alkanes) is 1. The highest BCUT2D eigenvalue weighted by Gasteiger charge is 2.19. The average Bonchev–Trinajstić information content (AvgIpc) is 3.48. The number of para-hydroxylation sites is 1. The van der Waals surface area contributed by atoms with Crippen molar-refractivity contribution in [3.63, 3.8) is 0 Å². The number of nitrogens with two attached hydrogens (primary N) is 1. The lowest BCUT2D eigenvalue weighted by Crippen LogP contribution is -2.44. The van der Waals surface area contributed by atoms with Gasteiger partial charge in [0.2, 0.25) is 0 Å². The van der Waals surface area contributed by atoms with Crippen LogP contribution in [-0.2, 0) is 33.8 Å². The van der Waals surface area contributed by atoms with Crippen molar-refractivity contribution in [2.45, 2.75) is 58.5 Å². The maximum atomic E-state index is 13.5. The van der Waals surface area contributed by atoms with Crippen LogP contribution >= 0.6 is 0 Å². The number of hydrogen-bond donors (Lipinski definition) is 2. The van der Waals surface area contributed by atoms with E-state index in [0.29, 0.717) is 50.8 Å². The molecule has 0 atom stereocenters. The number of aromatic nitrogens is 3. The van der Waals surface area contributed by atoms with Crippen LogP contribution in [0, 0.1) is 0 Å². The van der Waals surface area contributed by atoms with Gasteiger partial charge in [0.05, 0.1) is 24.2 Å². The van der Waals surface area contributed by atoms with Crippen molar-refractivity contribution >= 4 is 39.8 Å². The molecule has 2 amide bonds. The lowest BCUT2D eigenvalue weighted by Gasteiger charge is -2.30. The molecule has 0 spiro atoms. The molecule has 1 saturated heterocycles. The van der Waals surface area contributed by atoms with Gasteiger partial charge in [-0.2, -0.15) is 0 Å². The zero-order chi connectivity index (χ0) is 33.7. The molecule has 1 aliphatic rings. The summed E-state index contributed by atoms with van der Waals surface area (Å²) in [6.07, 6.45) is 6.01. The minimum atomic E-state index is -0.400. The maximum Gasteiger partial charge on any atom is 0.344 e. The van der Waals surface area contributed by atoms with Gasteiger partial charge in [-0.3, -0.25) is 0 Å². The number of amides is 2. The van der Waals surface area contributed by atoms with E-state index in [1.165, 1.54) is 19.3 Å². The average molecular weight is 660 g/mol. The van der Waals surface area contributed by atoms with Gasteiger partial charge in [0.25, 0.3) is 0 Å². The first-order valence-corrected chi connectivity index (χ1v) is 17.1. The lowest BCUT2D eigenvalue weighted by molar-refractivity contribution is -0.145. The number of carbonyl (C=O) groups excluding carboxylic acids is 2. The van der Waals surface area contributed by atoms with Crippen LogP contribution in [0.1, 0.15) is 50.4 Å². The number of nitrogens with zero attached hydrogens (tertiary/aromatic N) is 5.